The molecule has 0 radical (unpaired) electrons. The SMILES string of the molecule is O=C(Cn1cc(C(=O)O)nn1)NCc1cn[nH]c1. The molecule has 2 aromatic rings. The first-order chi connectivity index (χ1) is 8.65. The molecule has 0 saturated heterocycles. The maximum absolute atomic E-state index is 11.5. The van der Waals surface area contributed by atoms with Crippen molar-refractivity contribution in [2.24, 2.45) is 0 Å². The molecule has 1 amide bonds. The van der Waals surface area contributed by atoms with Crippen LogP contribution < -0.4 is 5.32 Å². The highest BCUT2D eigenvalue weighted by atomic mass is 16.4. The van der Waals surface area contributed by atoms with Crippen molar-refractivity contribution >= 4 is 11.9 Å². The molecular formula is C9H10N6O3. The average Bonchev–Trinajstić information content (AvgIpc) is 2.96. The largest absolute Gasteiger partial charge is 0.476 e. The van der Waals surface area contributed by atoms with Gasteiger partial charge in [-0.25, -0.2) is 9.48 Å². The third kappa shape index (κ3) is 2.90. The van der Waals surface area contributed by atoms with Gasteiger partial charge in [0.1, 0.15) is 6.54 Å². The molecule has 94 valence electrons. The van der Waals surface area contributed by atoms with E-state index >= 15 is 0 Å². The maximum Gasteiger partial charge on any atom is 0.358 e. The summed E-state index contributed by atoms with van der Waals surface area (Å²) in [6.45, 7) is 0.258. The highest BCUT2D eigenvalue weighted by molar-refractivity contribution is 5.84. The summed E-state index contributed by atoms with van der Waals surface area (Å²) < 4.78 is 1.16. The maximum atomic E-state index is 11.5. The van der Waals surface area contributed by atoms with Crippen LogP contribution in [-0.2, 0) is 17.9 Å². The second-order valence-corrected chi connectivity index (χ2v) is 3.49. The van der Waals surface area contributed by atoms with Crippen molar-refractivity contribution in [3.05, 3.63) is 29.8 Å². The van der Waals surface area contributed by atoms with Crippen LogP contribution in [0.25, 0.3) is 0 Å². The zero-order valence-electron chi connectivity index (χ0n) is 9.20. The Bertz CT molecular complexity index is 546. The van der Waals surface area contributed by atoms with Gasteiger partial charge in [-0.3, -0.25) is 9.89 Å². The third-order valence-corrected chi connectivity index (χ3v) is 2.11. The molecule has 0 aliphatic heterocycles. The van der Waals surface area contributed by atoms with E-state index in [1.54, 1.807) is 12.4 Å². The summed E-state index contributed by atoms with van der Waals surface area (Å²) in [6.07, 6.45) is 4.45. The summed E-state index contributed by atoms with van der Waals surface area (Å²) >= 11 is 0. The van der Waals surface area contributed by atoms with Crippen molar-refractivity contribution in [2.75, 3.05) is 0 Å². The standard InChI is InChI=1S/C9H10N6O3/c16-8(10-1-6-2-11-12-3-6)5-15-4-7(9(17)18)13-14-15/h2-4H,1,5H2,(H,10,16)(H,11,12)(H,17,18). The lowest BCUT2D eigenvalue weighted by atomic mass is 10.3. The fourth-order valence-corrected chi connectivity index (χ4v) is 1.25. The lowest BCUT2D eigenvalue weighted by Crippen LogP contribution is -2.27. The lowest BCUT2D eigenvalue weighted by molar-refractivity contribution is -0.122. The van der Waals surface area contributed by atoms with Crippen LogP contribution in [0.1, 0.15) is 16.1 Å². The number of carbonyl (C=O) groups excluding carboxylic acids is 1. The molecule has 0 unspecified atom stereocenters. The predicted molar refractivity (Wildman–Crippen MR) is 57.4 cm³/mol. The molecule has 9 nitrogen and oxygen atoms in total. The summed E-state index contributed by atoms with van der Waals surface area (Å²) in [4.78, 5) is 22.1. The van der Waals surface area contributed by atoms with Gasteiger partial charge < -0.3 is 10.4 Å². The third-order valence-electron chi connectivity index (χ3n) is 2.11. The summed E-state index contributed by atoms with van der Waals surface area (Å²) in [5.41, 5.74) is 0.644. The van der Waals surface area contributed by atoms with Gasteiger partial charge in [0, 0.05) is 18.3 Å². The van der Waals surface area contributed by atoms with Crippen molar-refractivity contribution < 1.29 is 14.7 Å². The topological polar surface area (TPSA) is 126 Å². The fourth-order valence-electron chi connectivity index (χ4n) is 1.25. The quantitative estimate of drug-likeness (QED) is 0.625. The number of aromatic amines is 1. The van der Waals surface area contributed by atoms with E-state index in [-0.39, 0.29) is 18.1 Å². The number of hydrogen-bond acceptors (Lipinski definition) is 5. The van der Waals surface area contributed by atoms with Gasteiger partial charge in [0.15, 0.2) is 5.69 Å². The monoisotopic (exact) mass is 250 g/mol. The minimum atomic E-state index is -1.18. The van der Waals surface area contributed by atoms with Crippen LogP contribution in [0.15, 0.2) is 18.6 Å². The number of H-pyrrole nitrogens is 1. The predicted octanol–water partition coefficient (Wildman–Crippen LogP) is -0.984. The number of aromatic nitrogens is 5. The highest BCUT2D eigenvalue weighted by Gasteiger charge is 2.10. The number of amides is 1. The Morgan fingerprint density at radius 1 is 1.50 bits per heavy atom. The van der Waals surface area contributed by atoms with E-state index < -0.39 is 5.97 Å². The van der Waals surface area contributed by atoms with Crippen molar-refractivity contribution in [3.63, 3.8) is 0 Å². The molecule has 0 aliphatic carbocycles. The van der Waals surface area contributed by atoms with Crippen LogP contribution in [0.5, 0.6) is 0 Å². The number of nitrogens with zero attached hydrogens (tertiary/aromatic N) is 4. The summed E-state index contributed by atoms with van der Waals surface area (Å²) in [5.74, 6) is -1.47. The van der Waals surface area contributed by atoms with E-state index in [1.807, 2.05) is 0 Å². The summed E-state index contributed by atoms with van der Waals surface area (Å²) in [6, 6.07) is 0. The Morgan fingerprint density at radius 2 is 2.33 bits per heavy atom. The average molecular weight is 250 g/mol. The molecule has 2 rings (SSSR count). The molecule has 0 aliphatic rings. The number of aromatic carboxylic acids is 1. The molecule has 0 aromatic carbocycles. The van der Waals surface area contributed by atoms with Gasteiger partial charge in [0.25, 0.3) is 0 Å². The van der Waals surface area contributed by atoms with Crippen LogP contribution in [0, 0.1) is 0 Å². The second-order valence-electron chi connectivity index (χ2n) is 3.49. The molecule has 18 heavy (non-hydrogen) atoms. The Balaban J connectivity index is 1.85. The van der Waals surface area contributed by atoms with Crippen molar-refractivity contribution in [2.45, 2.75) is 13.1 Å². The van der Waals surface area contributed by atoms with E-state index in [1.165, 1.54) is 6.20 Å². The van der Waals surface area contributed by atoms with Crippen LogP contribution in [0.2, 0.25) is 0 Å². The number of nitrogens with one attached hydrogen (secondary N) is 2. The minimum absolute atomic E-state index is 0.0852. The minimum Gasteiger partial charge on any atom is -0.476 e. The second kappa shape index (κ2) is 5.08. The first kappa shape index (κ1) is 11.8. The van der Waals surface area contributed by atoms with Gasteiger partial charge in [-0.05, 0) is 0 Å². The first-order valence-electron chi connectivity index (χ1n) is 5.03. The van der Waals surface area contributed by atoms with Gasteiger partial charge in [-0.15, -0.1) is 5.10 Å². The Labute approximate surface area is 101 Å². The number of carboxylic acid groups (broad SMARTS) is 1. The van der Waals surface area contributed by atoms with Crippen LogP contribution >= 0.6 is 0 Å². The summed E-state index contributed by atoms with van der Waals surface area (Å²) in [7, 11) is 0. The smallest absolute Gasteiger partial charge is 0.358 e. The van der Waals surface area contributed by atoms with Crippen LogP contribution in [-0.4, -0.2) is 42.2 Å². The summed E-state index contributed by atoms with van der Waals surface area (Å²) in [5, 5.41) is 24.6. The Morgan fingerprint density at radius 3 is 2.94 bits per heavy atom. The number of carbonyl (C=O) groups is 2. The Hall–Kier alpha value is -2.71. The number of hydrogen-bond donors (Lipinski definition) is 3. The Kier molecular flexibility index (Phi) is 3.32. The van der Waals surface area contributed by atoms with Gasteiger partial charge in [-0.2, -0.15) is 5.10 Å². The molecule has 0 spiro atoms. The van der Waals surface area contributed by atoms with Gasteiger partial charge in [0.2, 0.25) is 5.91 Å². The van der Waals surface area contributed by atoms with Gasteiger partial charge in [-0.1, -0.05) is 5.21 Å². The van der Waals surface area contributed by atoms with Crippen molar-refractivity contribution in [3.8, 4) is 0 Å². The van der Waals surface area contributed by atoms with Gasteiger partial charge >= 0.3 is 5.97 Å². The zero-order valence-corrected chi connectivity index (χ0v) is 9.20. The lowest BCUT2D eigenvalue weighted by Gasteiger charge is -2.02. The van der Waals surface area contributed by atoms with Crippen LogP contribution in [0.3, 0.4) is 0 Å². The van der Waals surface area contributed by atoms with E-state index in [0.29, 0.717) is 6.54 Å². The highest BCUT2D eigenvalue weighted by Crippen LogP contribution is 1.94. The zero-order chi connectivity index (χ0) is 13.0. The molecule has 0 fully saturated rings. The molecule has 3 N–H and O–H groups in total. The fraction of sp³-hybridized carbons (Fsp3) is 0.222. The number of rotatable bonds is 5. The molecule has 0 saturated carbocycles. The van der Waals surface area contributed by atoms with E-state index in [4.69, 9.17) is 5.11 Å². The molecular weight excluding hydrogens is 240 g/mol. The van der Waals surface area contributed by atoms with Gasteiger partial charge in [0.05, 0.1) is 12.4 Å². The van der Waals surface area contributed by atoms with E-state index in [9.17, 15) is 9.59 Å². The van der Waals surface area contributed by atoms with Crippen LogP contribution in [0.4, 0.5) is 0 Å². The molecule has 2 heterocycles. The van der Waals surface area contributed by atoms with Crippen molar-refractivity contribution in [1.29, 1.82) is 0 Å². The molecule has 2 aromatic heterocycles. The normalized spacial score (nSPS) is 10.2. The molecule has 9 heteroatoms. The number of carboxylic acids is 1. The first-order valence-corrected chi connectivity index (χ1v) is 5.03. The van der Waals surface area contributed by atoms with E-state index in [0.717, 1.165) is 10.2 Å². The molecule has 0 atom stereocenters. The molecule has 0 bridgehead atoms. The van der Waals surface area contributed by atoms with E-state index in [2.05, 4.69) is 25.8 Å². The van der Waals surface area contributed by atoms with Crippen molar-refractivity contribution in [1.82, 2.24) is 30.5 Å².